The number of fused-ring (bicyclic) bond motifs is 1. The number of nitrogens with zero attached hydrogens (tertiary/aromatic N) is 2. The minimum Gasteiger partial charge on any atom is -0.465 e. The molecule has 0 spiro atoms. The number of aromatic nitrogens is 3. The number of rotatable bonds is 8. The molecule has 0 fully saturated rings. The van der Waals surface area contributed by atoms with Crippen molar-refractivity contribution in [2.45, 2.75) is 39.4 Å². The molecule has 0 saturated heterocycles. The zero-order chi connectivity index (χ0) is 22.7. The summed E-state index contributed by atoms with van der Waals surface area (Å²) >= 11 is 1.31. The third kappa shape index (κ3) is 4.36. The van der Waals surface area contributed by atoms with Gasteiger partial charge in [-0.05, 0) is 51.5 Å². The fourth-order valence-electron chi connectivity index (χ4n) is 3.50. The summed E-state index contributed by atoms with van der Waals surface area (Å²) in [5, 5.41) is 0.681. The average molecular weight is 444 g/mol. The van der Waals surface area contributed by atoms with Crippen LogP contribution in [0.25, 0.3) is 11.0 Å². The number of H-pyrrole nitrogens is 1. The number of carbonyl (C=O) groups is 3. The Labute approximate surface area is 184 Å². The first-order valence-electron chi connectivity index (χ1n) is 9.93. The Morgan fingerprint density at radius 2 is 1.90 bits per heavy atom. The van der Waals surface area contributed by atoms with Crippen molar-refractivity contribution in [2.24, 2.45) is 0 Å². The number of thioether (sulfide) groups is 1. The van der Waals surface area contributed by atoms with E-state index in [9.17, 15) is 14.4 Å². The molecule has 0 bridgehead atoms. The number of ketones is 1. The molecular formula is C22H25N3O5S. The lowest BCUT2D eigenvalue weighted by Gasteiger charge is -2.06. The van der Waals surface area contributed by atoms with Crippen molar-refractivity contribution in [3.8, 4) is 0 Å². The second-order valence-corrected chi connectivity index (χ2v) is 7.83. The molecule has 0 aliphatic rings. The Kier molecular flexibility index (Phi) is 6.84. The monoisotopic (exact) mass is 443 g/mol. The molecule has 0 atom stereocenters. The quantitative estimate of drug-likeness (QED) is 0.319. The number of ether oxygens (including phenoxy) is 2. The molecule has 0 amide bonds. The van der Waals surface area contributed by atoms with E-state index in [4.69, 9.17) is 9.47 Å². The van der Waals surface area contributed by atoms with Crippen LogP contribution in [0.5, 0.6) is 0 Å². The minimum atomic E-state index is -0.469. The topological polar surface area (TPSA) is 103 Å². The fraction of sp³-hybridized carbons (Fsp3) is 0.364. The van der Waals surface area contributed by atoms with Crippen LogP contribution in [0.15, 0.2) is 23.4 Å². The number of imidazole rings is 1. The lowest BCUT2D eigenvalue weighted by molar-refractivity contribution is 0.0525. The van der Waals surface area contributed by atoms with Gasteiger partial charge in [0.2, 0.25) is 0 Å². The van der Waals surface area contributed by atoms with Crippen LogP contribution in [0.1, 0.15) is 56.3 Å². The number of benzene rings is 1. The van der Waals surface area contributed by atoms with Gasteiger partial charge >= 0.3 is 11.9 Å². The fourth-order valence-corrected chi connectivity index (χ4v) is 4.45. The van der Waals surface area contributed by atoms with Gasteiger partial charge in [-0.3, -0.25) is 4.79 Å². The van der Waals surface area contributed by atoms with Crippen LogP contribution in [-0.2, 0) is 16.0 Å². The van der Waals surface area contributed by atoms with Crippen molar-refractivity contribution < 1.29 is 23.9 Å². The number of hydrogen-bond acceptors (Lipinski definition) is 7. The second kappa shape index (κ2) is 9.38. The summed E-state index contributed by atoms with van der Waals surface area (Å²) in [7, 11) is 1.31. The van der Waals surface area contributed by atoms with Crippen LogP contribution in [0.3, 0.4) is 0 Å². The van der Waals surface area contributed by atoms with E-state index in [0.717, 1.165) is 5.52 Å². The third-order valence-electron chi connectivity index (χ3n) is 4.98. The largest absolute Gasteiger partial charge is 0.465 e. The van der Waals surface area contributed by atoms with Gasteiger partial charge in [0.1, 0.15) is 0 Å². The number of Topliss-reactive ketones (excluding diaryl/α,β-unsaturated/α-hetero) is 1. The van der Waals surface area contributed by atoms with Gasteiger partial charge in [-0.25, -0.2) is 14.6 Å². The van der Waals surface area contributed by atoms with Crippen molar-refractivity contribution in [1.29, 1.82) is 0 Å². The highest BCUT2D eigenvalue weighted by Gasteiger charge is 2.23. The SMILES string of the molecule is CCOC(=O)c1ccc2c(c1)nc(SCC(=O)c1[nH]c(C)c(C(=O)OC)c1C)n2CC. The molecule has 0 unspecified atom stereocenters. The molecule has 1 aromatic carbocycles. The Hall–Kier alpha value is -3.07. The number of carbonyl (C=O) groups excluding carboxylic acids is 3. The van der Waals surface area contributed by atoms with Crippen LogP contribution in [0.4, 0.5) is 0 Å². The summed E-state index contributed by atoms with van der Waals surface area (Å²) in [5.74, 6) is -0.847. The number of methoxy groups -OCH3 is 1. The molecule has 0 aliphatic carbocycles. The molecule has 164 valence electrons. The number of aryl methyl sites for hydroxylation is 2. The van der Waals surface area contributed by atoms with Gasteiger partial charge in [-0.1, -0.05) is 11.8 Å². The van der Waals surface area contributed by atoms with E-state index in [2.05, 4.69) is 9.97 Å². The van der Waals surface area contributed by atoms with E-state index >= 15 is 0 Å². The number of nitrogens with one attached hydrogen (secondary N) is 1. The van der Waals surface area contributed by atoms with E-state index in [1.54, 1.807) is 32.9 Å². The summed E-state index contributed by atoms with van der Waals surface area (Å²) < 4.78 is 11.9. The first-order valence-corrected chi connectivity index (χ1v) is 10.9. The molecule has 0 saturated carbocycles. The van der Waals surface area contributed by atoms with Crippen molar-refractivity contribution >= 4 is 40.5 Å². The number of esters is 2. The van der Waals surface area contributed by atoms with E-state index < -0.39 is 5.97 Å². The standard InChI is InChI=1S/C22H25N3O5S/c1-6-25-16-9-8-14(20(27)30-7-2)10-15(16)24-22(25)31-11-17(26)19-12(3)18(13(4)23-19)21(28)29-5/h8-10,23H,6-7,11H2,1-5H3. The smallest absolute Gasteiger partial charge is 0.339 e. The van der Waals surface area contributed by atoms with Gasteiger partial charge in [0.05, 0.1) is 47.3 Å². The van der Waals surface area contributed by atoms with E-state index in [1.807, 2.05) is 17.6 Å². The summed E-state index contributed by atoms with van der Waals surface area (Å²) in [6.07, 6.45) is 0. The normalized spacial score (nSPS) is 11.0. The van der Waals surface area contributed by atoms with Crippen LogP contribution < -0.4 is 0 Å². The molecular weight excluding hydrogens is 418 g/mol. The molecule has 2 aromatic heterocycles. The van der Waals surface area contributed by atoms with Crippen LogP contribution in [0.2, 0.25) is 0 Å². The maximum atomic E-state index is 12.8. The molecule has 31 heavy (non-hydrogen) atoms. The van der Waals surface area contributed by atoms with Crippen LogP contribution in [0, 0.1) is 13.8 Å². The van der Waals surface area contributed by atoms with Gasteiger partial charge in [-0.2, -0.15) is 0 Å². The highest BCUT2D eigenvalue weighted by Crippen LogP contribution is 2.27. The van der Waals surface area contributed by atoms with Gasteiger partial charge in [-0.15, -0.1) is 0 Å². The summed E-state index contributed by atoms with van der Waals surface area (Å²) in [4.78, 5) is 44.4. The average Bonchev–Trinajstić information content (AvgIpc) is 3.26. The van der Waals surface area contributed by atoms with Crippen molar-refractivity contribution in [1.82, 2.24) is 14.5 Å². The molecule has 3 aromatic rings. The molecule has 1 N–H and O–H groups in total. The molecule has 2 heterocycles. The maximum absolute atomic E-state index is 12.8. The third-order valence-corrected chi connectivity index (χ3v) is 5.96. The summed E-state index contributed by atoms with van der Waals surface area (Å²) in [5.41, 5.74) is 3.96. The zero-order valence-electron chi connectivity index (χ0n) is 18.2. The van der Waals surface area contributed by atoms with E-state index in [1.165, 1.54) is 18.9 Å². The van der Waals surface area contributed by atoms with E-state index in [0.29, 0.717) is 51.9 Å². The van der Waals surface area contributed by atoms with Crippen molar-refractivity contribution in [3.05, 3.63) is 46.3 Å². The van der Waals surface area contributed by atoms with E-state index in [-0.39, 0.29) is 17.5 Å². The Bertz CT molecular complexity index is 1160. The van der Waals surface area contributed by atoms with Crippen LogP contribution in [-0.4, -0.2) is 51.7 Å². The molecule has 9 heteroatoms. The maximum Gasteiger partial charge on any atom is 0.339 e. The van der Waals surface area contributed by atoms with Crippen molar-refractivity contribution in [3.63, 3.8) is 0 Å². The summed E-state index contributed by atoms with van der Waals surface area (Å²) in [6.45, 7) is 8.19. The zero-order valence-corrected chi connectivity index (χ0v) is 19.0. The molecule has 0 radical (unpaired) electrons. The first kappa shape index (κ1) is 22.6. The minimum absolute atomic E-state index is 0.136. The second-order valence-electron chi connectivity index (χ2n) is 6.89. The summed E-state index contributed by atoms with van der Waals surface area (Å²) in [6, 6.07) is 5.25. The number of aromatic amines is 1. The van der Waals surface area contributed by atoms with Crippen molar-refractivity contribution in [2.75, 3.05) is 19.5 Å². The highest BCUT2D eigenvalue weighted by atomic mass is 32.2. The predicted octanol–water partition coefficient (Wildman–Crippen LogP) is 3.94. The Morgan fingerprint density at radius 3 is 2.55 bits per heavy atom. The predicted molar refractivity (Wildman–Crippen MR) is 118 cm³/mol. The molecule has 8 nitrogen and oxygen atoms in total. The lowest BCUT2D eigenvalue weighted by Crippen LogP contribution is -2.08. The van der Waals surface area contributed by atoms with Gasteiger partial charge in [0, 0.05) is 12.2 Å². The van der Waals surface area contributed by atoms with Gasteiger partial charge < -0.3 is 19.0 Å². The van der Waals surface area contributed by atoms with Crippen LogP contribution >= 0.6 is 11.8 Å². The highest BCUT2D eigenvalue weighted by molar-refractivity contribution is 7.99. The Balaban J connectivity index is 1.84. The van der Waals surface area contributed by atoms with Gasteiger partial charge in [0.15, 0.2) is 10.9 Å². The number of hydrogen-bond donors (Lipinski definition) is 1. The van der Waals surface area contributed by atoms with Gasteiger partial charge in [0.25, 0.3) is 0 Å². The molecule has 0 aliphatic heterocycles. The Morgan fingerprint density at radius 1 is 1.16 bits per heavy atom. The lowest BCUT2D eigenvalue weighted by atomic mass is 10.1. The first-order chi connectivity index (χ1) is 14.8. The molecule has 3 rings (SSSR count).